The Morgan fingerprint density at radius 1 is 1.38 bits per heavy atom. The molecule has 0 aliphatic carbocycles. The summed E-state index contributed by atoms with van der Waals surface area (Å²) in [5.74, 6) is -0.131. The third kappa shape index (κ3) is 4.04. The van der Waals surface area contributed by atoms with Crippen molar-refractivity contribution < 1.29 is 17.9 Å². The van der Waals surface area contributed by atoms with Gasteiger partial charge in [-0.05, 0) is 25.3 Å². The van der Waals surface area contributed by atoms with Crippen LogP contribution in [0, 0.1) is 0 Å². The highest BCUT2D eigenvalue weighted by Gasteiger charge is 2.32. The van der Waals surface area contributed by atoms with E-state index in [-0.39, 0.29) is 18.3 Å². The molecule has 0 radical (unpaired) electrons. The van der Waals surface area contributed by atoms with Gasteiger partial charge in [-0.3, -0.25) is 5.32 Å². The van der Waals surface area contributed by atoms with Gasteiger partial charge in [0.05, 0.1) is 17.6 Å². The fourth-order valence-electron chi connectivity index (χ4n) is 2.55. The average molecular weight is 311 g/mol. The van der Waals surface area contributed by atoms with Crippen LogP contribution in [-0.4, -0.2) is 38.5 Å². The molecule has 5 nitrogen and oxygen atoms in total. The molecule has 2 atom stereocenters. The summed E-state index contributed by atoms with van der Waals surface area (Å²) in [4.78, 5) is 12.1. The minimum absolute atomic E-state index is 0.245. The molecule has 1 fully saturated rings. The Bertz CT molecular complexity index is 571. The lowest BCUT2D eigenvalue weighted by Crippen LogP contribution is -2.37. The minimum atomic E-state index is -3.02. The van der Waals surface area contributed by atoms with Crippen molar-refractivity contribution in [2.45, 2.75) is 31.1 Å². The Balaban J connectivity index is 2.08. The van der Waals surface area contributed by atoms with Crippen LogP contribution in [0.5, 0.6) is 0 Å². The summed E-state index contributed by atoms with van der Waals surface area (Å²) in [7, 11) is -3.02. The van der Waals surface area contributed by atoms with Crippen LogP contribution < -0.4 is 5.32 Å². The third-order valence-electron chi connectivity index (χ3n) is 3.67. The molecule has 0 amide bonds. The summed E-state index contributed by atoms with van der Waals surface area (Å²) in [6.07, 6.45) is 1.35. The molecule has 1 saturated heterocycles. The van der Waals surface area contributed by atoms with Crippen LogP contribution in [0.15, 0.2) is 30.3 Å². The molecule has 0 bridgehead atoms. The minimum Gasteiger partial charge on any atom is -0.465 e. The highest BCUT2D eigenvalue weighted by atomic mass is 32.2. The second-order valence-electron chi connectivity index (χ2n) is 5.14. The summed E-state index contributed by atoms with van der Waals surface area (Å²) < 4.78 is 28.8. The van der Waals surface area contributed by atoms with E-state index in [2.05, 4.69) is 5.32 Å². The number of hydrogen-bond acceptors (Lipinski definition) is 5. The fraction of sp³-hybridized carbons (Fsp3) is 0.533. The van der Waals surface area contributed by atoms with Gasteiger partial charge in [0.1, 0.15) is 6.04 Å². The van der Waals surface area contributed by atoms with Gasteiger partial charge in [-0.15, -0.1) is 0 Å². The second kappa shape index (κ2) is 7.04. The molecule has 0 spiro atoms. The standard InChI is InChI=1S/C15H21NO4S/c1-2-20-15(17)14(12-7-4-3-5-8-12)16-11-13-9-6-10-21(13,18)19/h3-5,7-8,13-14,16H,2,6,9-11H2,1H3. The highest BCUT2D eigenvalue weighted by Crippen LogP contribution is 2.21. The number of sulfone groups is 1. The van der Waals surface area contributed by atoms with Gasteiger partial charge in [-0.1, -0.05) is 30.3 Å². The fourth-order valence-corrected chi connectivity index (χ4v) is 4.32. The van der Waals surface area contributed by atoms with Crippen LogP contribution >= 0.6 is 0 Å². The van der Waals surface area contributed by atoms with Gasteiger partial charge in [0.15, 0.2) is 9.84 Å². The Hall–Kier alpha value is -1.40. The number of carbonyl (C=O) groups is 1. The molecular formula is C15H21NO4S. The van der Waals surface area contributed by atoms with Crippen molar-refractivity contribution >= 4 is 15.8 Å². The van der Waals surface area contributed by atoms with Crippen molar-refractivity contribution in [1.29, 1.82) is 0 Å². The number of esters is 1. The van der Waals surface area contributed by atoms with Gasteiger partial charge in [0.2, 0.25) is 0 Å². The maximum absolute atomic E-state index is 12.1. The molecule has 1 aliphatic heterocycles. The van der Waals surface area contributed by atoms with Crippen LogP contribution in [-0.2, 0) is 19.4 Å². The van der Waals surface area contributed by atoms with Gasteiger partial charge >= 0.3 is 5.97 Å². The monoisotopic (exact) mass is 311 g/mol. The molecule has 0 aromatic heterocycles. The Labute approximate surface area is 125 Å². The number of benzene rings is 1. The largest absolute Gasteiger partial charge is 0.465 e. The van der Waals surface area contributed by atoms with Gasteiger partial charge in [0.25, 0.3) is 0 Å². The molecular weight excluding hydrogens is 290 g/mol. The van der Waals surface area contributed by atoms with Crippen LogP contribution in [0.25, 0.3) is 0 Å². The first kappa shape index (κ1) is 16.0. The summed E-state index contributed by atoms with van der Waals surface area (Å²) in [5, 5.41) is 2.66. The molecule has 1 aliphatic rings. The van der Waals surface area contributed by atoms with E-state index in [1.54, 1.807) is 6.92 Å². The molecule has 1 N–H and O–H groups in total. The quantitative estimate of drug-likeness (QED) is 0.805. The molecule has 0 saturated carbocycles. The maximum Gasteiger partial charge on any atom is 0.327 e. The Morgan fingerprint density at radius 3 is 2.67 bits per heavy atom. The molecule has 6 heteroatoms. The molecule has 1 aromatic rings. The predicted molar refractivity (Wildman–Crippen MR) is 80.6 cm³/mol. The van der Waals surface area contributed by atoms with Gasteiger partial charge in [0, 0.05) is 6.54 Å². The number of nitrogens with one attached hydrogen (secondary N) is 1. The summed E-state index contributed by atoms with van der Waals surface area (Å²) >= 11 is 0. The molecule has 2 rings (SSSR count). The Morgan fingerprint density at radius 2 is 2.10 bits per heavy atom. The van der Waals surface area contributed by atoms with Crippen molar-refractivity contribution in [3.05, 3.63) is 35.9 Å². The lowest BCUT2D eigenvalue weighted by atomic mass is 10.1. The smallest absolute Gasteiger partial charge is 0.327 e. The lowest BCUT2D eigenvalue weighted by Gasteiger charge is -2.19. The summed E-state index contributed by atoms with van der Waals surface area (Å²) in [5.41, 5.74) is 0.784. The van der Waals surface area contributed by atoms with E-state index in [9.17, 15) is 13.2 Å². The molecule has 116 valence electrons. The highest BCUT2D eigenvalue weighted by molar-refractivity contribution is 7.92. The first-order chi connectivity index (χ1) is 10.0. The van der Waals surface area contributed by atoms with E-state index in [0.29, 0.717) is 19.4 Å². The van der Waals surface area contributed by atoms with E-state index in [1.807, 2.05) is 30.3 Å². The van der Waals surface area contributed by atoms with E-state index >= 15 is 0 Å². The van der Waals surface area contributed by atoms with Crippen LogP contribution in [0.2, 0.25) is 0 Å². The van der Waals surface area contributed by atoms with E-state index < -0.39 is 21.1 Å². The molecule has 2 unspecified atom stereocenters. The predicted octanol–water partition coefficient (Wildman–Crippen LogP) is 1.46. The van der Waals surface area contributed by atoms with E-state index in [1.165, 1.54) is 0 Å². The molecule has 1 aromatic carbocycles. The van der Waals surface area contributed by atoms with E-state index in [4.69, 9.17) is 4.74 Å². The average Bonchev–Trinajstić information content (AvgIpc) is 2.80. The number of carbonyl (C=O) groups excluding carboxylic acids is 1. The normalized spacial score (nSPS) is 21.9. The van der Waals surface area contributed by atoms with Crippen molar-refractivity contribution in [2.75, 3.05) is 18.9 Å². The first-order valence-electron chi connectivity index (χ1n) is 7.21. The third-order valence-corrected chi connectivity index (χ3v) is 5.94. The van der Waals surface area contributed by atoms with Gasteiger partial charge in [-0.25, -0.2) is 13.2 Å². The second-order valence-corrected chi connectivity index (χ2v) is 7.54. The summed E-state index contributed by atoms with van der Waals surface area (Å²) in [6.45, 7) is 2.33. The van der Waals surface area contributed by atoms with Crippen molar-refractivity contribution in [2.24, 2.45) is 0 Å². The molecule has 1 heterocycles. The zero-order valence-corrected chi connectivity index (χ0v) is 12.9. The number of ether oxygens (including phenoxy) is 1. The van der Waals surface area contributed by atoms with Crippen molar-refractivity contribution in [1.82, 2.24) is 5.32 Å². The van der Waals surface area contributed by atoms with Crippen molar-refractivity contribution in [3.8, 4) is 0 Å². The van der Waals surface area contributed by atoms with Crippen LogP contribution in [0.3, 0.4) is 0 Å². The zero-order valence-electron chi connectivity index (χ0n) is 12.1. The van der Waals surface area contributed by atoms with Crippen molar-refractivity contribution in [3.63, 3.8) is 0 Å². The number of rotatable bonds is 6. The van der Waals surface area contributed by atoms with Gasteiger partial charge < -0.3 is 4.74 Å². The first-order valence-corrected chi connectivity index (χ1v) is 8.92. The lowest BCUT2D eigenvalue weighted by molar-refractivity contribution is -0.145. The number of hydrogen-bond donors (Lipinski definition) is 1. The maximum atomic E-state index is 12.1. The molecule has 21 heavy (non-hydrogen) atoms. The van der Waals surface area contributed by atoms with Gasteiger partial charge in [-0.2, -0.15) is 0 Å². The SMILES string of the molecule is CCOC(=O)C(NCC1CCCS1(=O)=O)c1ccccc1. The Kier molecular flexibility index (Phi) is 5.36. The van der Waals surface area contributed by atoms with E-state index in [0.717, 1.165) is 5.56 Å². The topological polar surface area (TPSA) is 72.5 Å². The van der Waals surface area contributed by atoms with Crippen LogP contribution in [0.1, 0.15) is 31.4 Å². The summed E-state index contributed by atoms with van der Waals surface area (Å²) in [6, 6.07) is 8.59. The van der Waals surface area contributed by atoms with Crippen LogP contribution in [0.4, 0.5) is 0 Å². The zero-order chi connectivity index (χ0) is 15.3.